The number of aryl methyl sites for hydroxylation is 1. The first kappa shape index (κ1) is 19.2. The molecule has 0 amide bonds. The van der Waals surface area contributed by atoms with Gasteiger partial charge in [0.2, 0.25) is 10.0 Å². The lowest BCUT2D eigenvalue weighted by molar-refractivity contribution is 0.563. The maximum atomic E-state index is 12.9. The van der Waals surface area contributed by atoms with E-state index in [1.54, 1.807) is 48.3 Å². The molecule has 0 saturated carbocycles. The van der Waals surface area contributed by atoms with E-state index in [0.29, 0.717) is 16.4 Å². The number of hydrogen-bond donors (Lipinski definition) is 1. The predicted octanol–water partition coefficient (Wildman–Crippen LogP) is 4.45. The van der Waals surface area contributed by atoms with E-state index >= 15 is 0 Å². The first-order valence-electron chi connectivity index (χ1n) is 7.48. The summed E-state index contributed by atoms with van der Waals surface area (Å²) in [5, 5.41) is 0.998. The van der Waals surface area contributed by atoms with Crippen molar-refractivity contribution >= 4 is 44.8 Å². The highest BCUT2D eigenvalue weighted by Crippen LogP contribution is 2.28. The van der Waals surface area contributed by atoms with Crippen LogP contribution in [0, 0.1) is 0 Å². The monoisotopic (exact) mass is 429 g/mol. The number of aromatic nitrogens is 2. The van der Waals surface area contributed by atoms with Crippen LogP contribution in [0.1, 0.15) is 17.4 Å². The Balaban J connectivity index is 2.03. The van der Waals surface area contributed by atoms with Crippen LogP contribution in [0.4, 0.5) is 0 Å². The first-order valence-corrected chi connectivity index (χ1v) is 10.1. The lowest BCUT2D eigenvalue weighted by Gasteiger charge is -2.19. The number of rotatable bonds is 5. The molecule has 3 rings (SSSR count). The standard InChI is InChI=1S/C17H14Cl3N3O2S/c1-23-9-8-21-17(23)16(11-2-4-12(18)5-3-11)22-26(24,25)13-6-7-14(19)15(20)10-13/h2-10,16,22H,1H3. The summed E-state index contributed by atoms with van der Waals surface area (Å²) in [7, 11) is -2.09. The average Bonchev–Trinajstić information content (AvgIpc) is 3.02. The predicted molar refractivity (Wildman–Crippen MR) is 103 cm³/mol. The fourth-order valence-corrected chi connectivity index (χ4v) is 4.14. The van der Waals surface area contributed by atoms with E-state index in [1.165, 1.54) is 18.2 Å². The van der Waals surface area contributed by atoms with Crippen LogP contribution in [0.5, 0.6) is 0 Å². The number of sulfonamides is 1. The Morgan fingerprint density at radius 2 is 1.73 bits per heavy atom. The van der Waals surface area contributed by atoms with Crippen LogP contribution in [-0.2, 0) is 17.1 Å². The second-order valence-electron chi connectivity index (χ2n) is 5.58. The topological polar surface area (TPSA) is 64.0 Å². The molecule has 5 nitrogen and oxygen atoms in total. The van der Waals surface area contributed by atoms with Gasteiger partial charge in [-0.3, -0.25) is 0 Å². The van der Waals surface area contributed by atoms with Crippen LogP contribution in [0.15, 0.2) is 59.8 Å². The van der Waals surface area contributed by atoms with Crippen molar-refractivity contribution < 1.29 is 8.42 Å². The van der Waals surface area contributed by atoms with Gasteiger partial charge in [0, 0.05) is 24.5 Å². The molecule has 0 spiro atoms. The highest BCUT2D eigenvalue weighted by Gasteiger charge is 2.26. The van der Waals surface area contributed by atoms with Crippen LogP contribution in [0.3, 0.4) is 0 Å². The number of nitrogens with one attached hydrogen (secondary N) is 1. The summed E-state index contributed by atoms with van der Waals surface area (Å²) in [6.45, 7) is 0. The second kappa shape index (κ2) is 7.58. The molecule has 0 radical (unpaired) electrons. The fraction of sp³-hybridized carbons (Fsp3) is 0.118. The molecule has 0 aliphatic heterocycles. The average molecular weight is 431 g/mol. The van der Waals surface area contributed by atoms with Gasteiger partial charge in [-0.2, -0.15) is 4.72 Å². The first-order chi connectivity index (χ1) is 12.3. The van der Waals surface area contributed by atoms with Crippen LogP contribution in [-0.4, -0.2) is 18.0 Å². The smallest absolute Gasteiger partial charge is 0.241 e. The Kier molecular flexibility index (Phi) is 5.60. The van der Waals surface area contributed by atoms with E-state index in [4.69, 9.17) is 34.8 Å². The molecule has 1 heterocycles. The van der Waals surface area contributed by atoms with E-state index in [0.717, 1.165) is 0 Å². The fourth-order valence-electron chi connectivity index (χ4n) is 2.45. The summed E-state index contributed by atoms with van der Waals surface area (Å²) in [6.07, 6.45) is 3.34. The van der Waals surface area contributed by atoms with Gasteiger partial charge >= 0.3 is 0 Å². The highest BCUT2D eigenvalue weighted by molar-refractivity contribution is 7.89. The van der Waals surface area contributed by atoms with Gasteiger partial charge in [-0.15, -0.1) is 0 Å². The minimum atomic E-state index is -3.88. The molecule has 0 bridgehead atoms. The quantitative estimate of drug-likeness (QED) is 0.650. The lowest BCUT2D eigenvalue weighted by atomic mass is 10.1. The lowest BCUT2D eigenvalue weighted by Crippen LogP contribution is -2.31. The molecule has 26 heavy (non-hydrogen) atoms. The molecule has 3 aromatic rings. The zero-order valence-electron chi connectivity index (χ0n) is 13.5. The van der Waals surface area contributed by atoms with Crippen LogP contribution < -0.4 is 4.72 Å². The van der Waals surface area contributed by atoms with Gasteiger partial charge in [0.15, 0.2) is 0 Å². The Labute approximate surface area is 166 Å². The van der Waals surface area contributed by atoms with Crippen molar-refractivity contribution in [3.05, 3.63) is 81.3 Å². The third kappa shape index (κ3) is 4.05. The Hall–Kier alpha value is -1.57. The van der Waals surface area contributed by atoms with Gasteiger partial charge in [0.1, 0.15) is 11.9 Å². The number of benzene rings is 2. The summed E-state index contributed by atoms with van der Waals surface area (Å²) >= 11 is 17.8. The summed E-state index contributed by atoms with van der Waals surface area (Å²) in [6, 6.07) is 10.3. The molecule has 0 aliphatic carbocycles. The van der Waals surface area contributed by atoms with Gasteiger partial charge in [0.25, 0.3) is 0 Å². The molecule has 0 aliphatic rings. The van der Waals surface area contributed by atoms with Gasteiger partial charge in [-0.05, 0) is 35.9 Å². The number of nitrogens with zero attached hydrogens (tertiary/aromatic N) is 2. The van der Waals surface area contributed by atoms with E-state index in [9.17, 15) is 8.42 Å². The highest BCUT2D eigenvalue weighted by atomic mass is 35.5. The van der Waals surface area contributed by atoms with E-state index < -0.39 is 16.1 Å². The number of imidazole rings is 1. The van der Waals surface area contributed by atoms with Crippen molar-refractivity contribution in [2.45, 2.75) is 10.9 Å². The molecule has 0 fully saturated rings. The van der Waals surface area contributed by atoms with Crippen molar-refractivity contribution in [2.24, 2.45) is 7.05 Å². The minimum absolute atomic E-state index is 0.0140. The largest absolute Gasteiger partial charge is 0.336 e. The van der Waals surface area contributed by atoms with Gasteiger partial charge < -0.3 is 4.57 Å². The summed E-state index contributed by atoms with van der Waals surface area (Å²) in [5.74, 6) is 0.538. The van der Waals surface area contributed by atoms with Gasteiger partial charge in [-0.1, -0.05) is 46.9 Å². The van der Waals surface area contributed by atoms with Crippen molar-refractivity contribution in [1.29, 1.82) is 0 Å². The Bertz CT molecular complexity index is 1030. The van der Waals surface area contributed by atoms with Crippen molar-refractivity contribution in [1.82, 2.24) is 14.3 Å². The molecule has 136 valence electrons. The molecular weight excluding hydrogens is 417 g/mol. The van der Waals surface area contributed by atoms with Crippen LogP contribution >= 0.6 is 34.8 Å². The molecule has 1 unspecified atom stereocenters. The molecule has 9 heteroatoms. The zero-order valence-corrected chi connectivity index (χ0v) is 16.6. The third-order valence-corrected chi connectivity index (χ3v) is 6.21. The van der Waals surface area contributed by atoms with Gasteiger partial charge in [0.05, 0.1) is 14.9 Å². The van der Waals surface area contributed by atoms with E-state index in [-0.39, 0.29) is 14.9 Å². The Morgan fingerprint density at radius 3 is 2.31 bits per heavy atom. The summed E-state index contributed by atoms with van der Waals surface area (Å²) < 4.78 is 30.2. The number of hydrogen-bond acceptors (Lipinski definition) is 3. The van der Waals surface area contributed by atoms with Crippen molar-refractivity contribution in [3.8, 4) is 0 Å². The molecule has 1 aromatic heterocycles. The molecular formula is C17H14Cl3N3O2S. The Morgan fingerprint density at radius 1 is 1.04 bits per heavy atom. The van der Waals surface area contributed by atoms with Crippen molar-refractivity contribution in [2.75, 3.05) is 0 Å². The molecule has 1 atom stereocenters. The zero-order chi connectivity index (χ0) is 18.9. The molecule has 1 N–H and O–H groups in total. The maximum Gasteiger partial charge on any atom is 0.241 e. The van der Waals surface area contributed by atoms with Crippen molar-refractivity contribution in [3.63, 3.8) is 0 Å². The SMILES string of the molecule is Cn1ccnc1C(NS(=O)(=O)c1ccc(Cl)c(Cl)c1)c1ccc(Cl)cc1. The second-order valence-corrected chi connectivity index (χ2v) is 8.54. The summed E-state index contributed by atoms with van der Waals surface area (Å²) in [5.41, 5.74) is 0.701. The number of halogens is 3. The van der Waals surface area contributed by atoms with Gasteiger partial charge in [-0.25, -0.2) is 13.4 Å². The van der Waals surface area contributed by atoms with Crippen LogP contribution in [0.25, 0.3) is 0 Å². The normalized spacial score (nSPS) is 12.9. The minimum Gasteiger partial charge on any atom is -0.336 e. The molecule has 2 aromatic carbocycles. The van der Waals surface area contributed by atoms with E-state index in [1.807, 2.05) is 0 Å². The third-order valence-electron chi connectivity index (χ3n) is 3.79. The van der Waals surface area contributed by atoms with Crippen LogP contribution in [0.2, 0.25) is 15.1 Å². The summed E-state index contributed by atoms with van der Waals surface area (Å²) in [4.78, 5) is 4.29. The maximum absolute atomic E-state index is 12.9. The van der Waals surface area contributed by atoms with E-state index in [2.05, 4.69) is 9.71 Å². The molecule has 0 saturated heterocycles.